The van der Waals surface area contributed by atoms with Gasteiger partial charge in [-0.3, -0.25) is 0 Å². The molecular weight excluding hydrogens is 220 g/mol. The third kappa shape index (κ3) is 4.60. The molecule has 16 heavy (non-hydrogen) atoms. The molecule has 3 nitrogen and oxygen atoms in total. The molecule has 1 aromatic rings. The predicted octanol–water partition coefficient (Wildman–Crippen LogP) is 3.26. The number of nitrogens with two attached hydrogens (primary N) is 1. The number of thiazole rings is 1. The summed E-state index contributed by atoms with van der Waals surface area (Å²) in [4.78, 5) is 4.50. The van der Waals surface area contributed by atoms with Gasteiger partial charge in [-0.25, -0.2) is 4.98 Å². The first-order valence-electron chi connectivity index (χ1n) is 6.05. The van der Waals surface area contributed by atoms with Gasteiger partial charge >= 0.3 is 0 Å². The molecule has 0 radical (unpaired) electrons. The number of hydrogen-bond donors (Lipinski definition) is 1. The molecule has 0 saturated carbocycles. The zero-order chi connectivity index (χ0) is 11.8. The van der Waals surface area contributed by atoms with E-state index in [1.54, 1.807) is 11.3 Å². The summed E-state index contributed by atoms with van der Waals surface area (Å²) in [6.07, 6.45) is 4.43. The van der Waals surface area contributed by atoms with Crippen molar-refractivity contribution < 1.29 is 4.74 Å². The first-order chi connectivity index (χ1) is 7.77. The van der Waals surface area contributed by atoms with Gasteiger partial charge in [0.05, 0.1) is 12.3 Å². The van der Waals surface area contributed by atoms with Crippen molar-refractivity contribution >= 4 is 11.3 Å². The van der Waals surface area contributed by atoms with Gasteiger partial charge in [-0.2, -0.15) is 0 Å². The van der Waals surface area contributed by atoms with Gasteiger partial charge in [0, 0.05) is 18.0 Å². The van der Waals surface area contributed by atoms with E-state index < -0.39 is 0 Å². The molecule has 0 aliphatic heterocycles. The van der Waals surface area contributed by atoms with Crippen LogP contribution in [0.4, 0.5) is 0 Å². The molecule has 0 bridgehead atoms. The molecule has 0 saturated heterocycles. The van der Waals surface area contributed by atoms with E-state index in [0.29, 0.717) is 6.61 Å². The first-order valence-corrected chi connectivity index (χ1v) is 6.93. The zero-order valence-corrected chi connectivity index (χ0v) is 11.1. The summed E-state index contributed by atoms with van der Waals surface area (Å²) in [7, 11) is 0. The highest BCUT2D eigenvalue weighted by molar-refractivity contribution is 7.09. The number of hydrogen-bond acceptors (Lipinski definition) is 4. The molecule has 1 heterocycles. The molecule has 0 aromatic carbocycles. The smallest absolute Gasteiger partial charge is 0.119 e. The molecule has 1 aromatic heterocycles. The third-order valence-corrected chi connectivity index (χ3v) is 3.23. The highest BCUT2D eigenvalue weighted by Crippen LogP contribution is 2.19. The van der Waals surface area contributed by atoms with E-state index >= 15 is 0 Å². The third-order valence-electron chi connectivity index (χ3n) is 2.39. The molecule has 1 unspecified atom stereocenters. The van der Waals surface area contributed by atoms with Crippen molar-refractivity contribution in [3.8, 4) is 0 Å². The maximum Gasteiger partial charge on any atom is 0.119 e. The van der Waals surface area contributed by atoms with Gasteiger partial charge in [0.2, 0.25) is 0 Å². The van der Waals surface area contributed by atoms with Crippen LogP contribution in [0.15, 0.2) is 5.38 Å². The van der Waals surface area contributed by atoms with E-state index in [9.17, 15) is 0 Å². The Morgan fingerprint density at radius 2 is 2.25 bits per heavy atom. The van der Waals surface area contributed by atoms with Crippen molar-refractivity contribution in [2.75, 3.05) is 6.61 Å². The number of unbranched alkanes of at least 4 members (excludes halogenated alkanes) is 1. The van der Waals surface area contributed by atoms with Gasteiger partial charge in [-0.15, -0.1) is 11.3 Å². The zero-order valence-electron chi connectivity index (χ0n) is 10.2. The molecule has 0 aliphatic rings. The number of ether oxygens (including phenoxy) is 1. The van der Waals surface area contributed by atoms with Crippen LogP contribution in [0.3, 0.4) is 0 Å². The summed E-state index contributed by atoms with van der Waals surface area (Å²) < 4.78 is 5.45. The highest BCUT2D eigenvalue weighted by Gasteiger charge is 2.09. The Morgan fingerprint density at radius 1 is 1.44 bits per heavy atom. The van der Waals surface area contributed by atoms with Crippen LogP contribution in [0.25, 0.3) is 0 Å². The average molecular weight is 242 g/mol. The van der Waals surface area contributed by atoms with E-state index in [2.05, 4.69) is 24.2 Å². The summed E-state index contributed by atoms with van der Waals surface area (Å²) in [5.74, 6) is 0. The average Bonchev–Trinajstić information content (AvgIpc) is 2.75. The van der Waals surface area contributed by atoms with E-state index in [4.69, 9.17) is 10.5 Å². The molecule has 1 rings (SSSR count). The summed E-state index contributed by atoms with van der Waals surface area (Å²) in [6.45, 7) is 5.71. The van der Waals surface area contributed by atoms with Crippen LogP contribution < -0.4 is 5.73 Å². The Kier molecular flexibility index (Phi) is 6.61. The summed E-state index contributed by atoms with van der Waals surface area (Å²) >= 11 is 1.65. The van der Waals surface area contributed by atoms with Crippen LogP contribution in [-0.2, 0) is 11.3 Å². The Hall–Kier alpha value is -0.450. The Bertz CT molecular complexity index is 288. The SMILES string of the molecule is CCCCC(N)c1csc(COCCC)n1. The van der Waals surface area contributed by atoms with Gasteiger partial charge in [-0.1, -0.05) is 26.7 Å². The van der Waals surface area contributed by atoms with Crippen molar-refractivity contribution in [3.05, 3.63) is 16.1 Å². The molecule has 1 atom stereocenters. The van der Waals surface area contributed by atoms with E-state index in [1.165, 1.54) is 12.8 Å². The lowest BCUT2D eigenvalue weighted by Gasteiger charge is -2.06. The van der Waals surface area contributed by atoms with E-state index in [0.717, 1.165) is 30.2 Å². The molecule has 2 N–H and O–H groups in total. The molecule has 0 spiro atoms. The van der Waals surface area contributed by atoms with Gasteiger partial charge in [-0.05, 0) is 12.8 Å². The molecule has 0 amide bonds. The minimum atomic E-state index is 0.0936. The largest absolute Gasteiger partial charge is 0.374 e. The van der Waals surface area contributed by atoms with Crippen LogP contribution in [0.5, 0.6) is 0 Å². The van der Waals surface area contributed by atoms with E-state index in [1.807, 2.05) is 0 Å². The molecule has 0 fully saturated rings. The Labute approximate surface area is 102 Å². The highest BCUT2D eigenvalue weighted by atomic mass is 32.1. The molecule has 0 aliphatic carbocycles. The van der Waals surface area contributed by atoms with Crippen molar-refractivity contribution in [1.29, 1.82) is 0 Å². The first kappa shape index (κ1) is 13.6. The Morgan fingerprint density at radius 3 is 2.94 bits per heavy atom. The van der Waals surface area contributed by atoms with Gasteiger partial charge in [0.25, 0.3) is 0 Å². The fraction of sp³-hybridized carbons (Fsp3) is 0.750. The topological polar surface area (TPSA) is 48.1 Å². The van der Waals surface area contributed by atoms with Crippen LogP contribution in [0.2, 0.25) is 0 Å². The fourth-order valence-corrected chi connectivity index (χ4v) is 2.23. The standard InChI is InChI=1S/C12H22N2OS/c1-3-5-6-10(13)11-9-16-12(14-11)8-15-7-4-2/h9-10H,3-8,13H2,1-2H3. The minimum Gasteiger partial charge on any atom is -0.374 e. The van der Waals surface area contributed by atoms with E-state index in [-0.39, 0.29) is 6.04 Å². The lowest BCUT2D eigenvalue weighted by Crippen LogP contribution is -2.10. The second kappa shape index (κ2) is 7.76. The van der Waals surface area contributed by atoms with Crippen molar-refractivity contribution in [3.63, 3.8) is 0 Å². The fourth-order valence-electron chi connectivity index (χ4n) is 1.44. The van der Waals surface area contributed by atoms with Crippen molar-refractivity contribution in [1.82, 2.24) is 4.98 Å². The van der Waals surface area contributed by atoms with Crippen molar-refractivity contribution in [2.24, 2.45) is 5.73 Å². The van der Waals surface area contributed by atoms with Gasteiger partial charge < -0.3 is 10.5 Å². The summed E-state index contributed by atoms with van der Waals surface area (Å²) in [6, 6.07) is 0.0936. The lowest BCUT2D eigenvalue weighted by molar-refractivity contribution is 0.121. The maximum absolute atomic E-state index is 6.05. The predicted molar refractivity (Wildman–Crippen MR) is 68.5 cm³/mol. The monoisotopic (exact) mass is 242 g/mol. The van der Waals surface area contributed by atoms with Gasteiger partial charge in [0.1, 0.15) is 5.01 Å². The van der Waals surface area contributed by atoms with Crippen LogP contribution in [0, 0.1) is 0 Å². The quantitative estimate of drug-likeness (QED) is 0.712. The number of rotatable bonds is 8. The van der Waals surface area contributed by atoms with Crippen LogP contribution in [-0.4, -0.2) is 11.6 Å². The van der Waals surface area contributed by atoms with Crippen LogP contribution >= 0.6 is 11.3 Å². The summed E-state index contributed by atoms with van der Waals surface area (Å²) in [5.41, 5.74) is 7.07. The second-order valence-electron chi connectivity index (χ2n) is 3.97. The number of aromatic nitrogens is 1. The number of nitrogens with zero attached hydrogens (tertiary/aromatic N) is 1. The normalized spacial score (nSPS) is 12.9. The molecule has 4 heteroatoms. The van der Waals surface area contributed by atoms with Crippen LogP contribution in [0.1, 0.15) is 56.3 Å². The maximum atomic E-state index is 6.05. The molecule has 92 valence electrons. The minimum absolute atomic E-state index is 0.0936. The Balaban J connectivity index is 2.37. The summed E-state index contributed by atoms with van der Waals surface area (Å²) in [5, 5.41) is 3.10. The molecular formula is C12H22N2OS. The van der Waals surface area contributed by atoms with Crippen molar-refractivity contribution in [2.45, 2.75) is 52.2 Å². The van der Waals surface area contributed by atoms with Gasteiger partial charge in [0.15, 0.2) is 0 Å². The lowest BCUT2D eigenvalue weighted by atomic mass is 10.1. The second-order valence-corrected chi connectivity index (χ2v) is 4.91.